The van der Waals surface area contributed by atoms with E-state index in [-0.39, 0.29) is 11.3 Å². The molecule has 0 aliphatic carbocycles. The second-order valence-electron chi connectivity index (χ2n) is 6.81. The first kappa shape index (κ1) is 14.9. The molecule has 0 saturated heterocycles. The van der Waals surface area contributed by atoms with E-state index in [4.69, 9.17) is 10.2 Å². The maximum atomic E-state index is 12.6. The number of hydrogen-bond acceptors (Lipinski definition) is 3. The molecular weight excluding hydrogens is 276 g/mol. The minimum absolute atomic E-state index is 0.0225. The Kier molecular flexibility index (Phi) is 3.57. The van der Waals surface area contributed by atoms with Crippen LogP contribution in [0.4, 0.5) is 5.69 Å². The molecule has 116 valence electrons. The van der Waals surface area contributed by atoms with Gasteiger partial charge in [-0.05, 0) is 35.1 Å². The first-order chi connectivity index (χ1) is 10.4. The summed E-state index contributed by atoms with van der Waals surface area (Å²) in [5, 5.41) is 0. The van der Waals surface area contributed by atoms with E-state index in [2.05, 4.69) is 39.0 Å². The van der Waals surface area contributed by atoms with E-state index in [1.54, 1.807) is 6.07 Å². The van der Waals surface area contributed by atoms with Crippen molar-refractivity contribution in [3.05, 3.63) is 53.0 Å². The van der Waals surface area contributed by atoms with E-state index in [9.17, 15) is 4.79 Å². The summed E-state index contributed by atoms with van der Waals surface area (Å²) in [6.07, 6.45) is 2.39. The van der Waals surface area contributed by atoms with Crippen molar-refractivity contribution in [2.24, 2.45) is 5.73 Å². The van der Waals surface area contributed by atoms with E-state index < -0.39 is 0 Å². The molecular formula is C18H22N2O2. The average molecular weight is 298 g/mol. The molecule has 4 nitrogen and oxygen atoms in total. The molecule has 0 radical (unpaired) electrons. The molecule has 4 heteroatoms. The molecule has 1 aliphatic heterocycles. The van der Waals surface area contributed by atoms with Crippen molar-refractivity contribution in [1.29, 1.82) is 0 Å². The van der Waals surface area contributed by atoms with Gasteiger partial charge >= 0.3 is 0 Å². The summed E-state index contributed by atoms with van der Waals surface area (Å²) in [5.74, 6) is 0.608. The van der Waals surface area contributed by atoms with Crippen LogP contribution in [0.2, 0.25) is 0 Å². The van der Waals surface area contributed by atoms with Gasteiger partial charge in [-0.15, -0.1) is 0 Å². The Morgan fingerprint density at radius 3 is 2.73 bits per heavy atom. The predicted molar refractivity (Wildman–Crippen MR) is 87.1 cm³/mol. The van der Waals surface area contributed by atoms with Gasteiger partial charge in [-0.25, -0.2) is 0 Å². The minimum Gasteiger partial charge on any atom is -0.467 e. The molecule has 0 unspecified atom stereocenters. The second kappa shape index (κ2) is 5.29. The fourth-order valence-electron chi connectivity index (χ4n) is 2.83. The summed E-state index contributed by atoms with van der Waals surface area (Å²) in [5.41, 5.74) is 9.76. The molecule has 1 aliphatic rings. The first-order valence-corrected chi connectivity index (χ1v) is 7.63. The number of furan rings is 1. The van der Waals surface area contributed by atoms with Crippen molar-refractivity contribution in [2.45, 2.75) is 39.2 Å². The highest BCUT2D eigenvalue weighted by molar-refractivity contribution is 6.07. The number of carbonyl (C=O) groups is 1. The van der Waals surface area contributed by atoms with Gasteiger partial charge in [0, 0.05) is 12.2 Å². The van der Waals surface area contributed by atoms with Crippen LogP contribution < -0.4 is 10.6 Å². The fourth-order valence-corrected chi connectivity index (χ4v) is 2.83. The maximum absolute atomic E-state index is 12.6. The number of fused-ring (bicyclic) bond motifs is 1. The van der Waals surface area contributed by atoms with Crippen LogP contribution in [0.3, 0.4) is 0 Å². The summed E-state index contributed by atoms with van der Waals surface area (Å²) in [7, 11) is 0. The van der Waals surface area contributed by atoms with Crippen LogP contribution in [0, 0.1) is 0 Å². The van der Waals surface area contributed by atoms with Gasteiger partial charge in [-0.1, -0.05) is 32.9 Å². The lowest BCUT2D eigenvalue weighted by Crippen LogP contribution is -2.28. The summed E-state index contributed by atoms with van der Waals surface area (Å²) < 4.78 is 5.27. The third-order valence-electron chi connectivity index (χ3n) is 4.19. The number of nitrogens with two attached hydrogens (primary N) is 1. The molecule has 2 N–H and O–H groups in total. The highest BCUT2D eigenvalue weighted by Gasteiger charge is 2.27. The van der Waals surface area contributed by atoms with Gasteiger partial charge < -0.3 is 15.1 Å². The van der Waals surface area contributed by atoms with Crippen LogP contribution in [0.25, 0.3) is 0 Å². The lowest BCUT2D eigenvalue weighted by atomic mass is 9.86. The van der Waals surface area contributed by atoms with Gasteiger partial charge in [0.25, 0.3) is 5.91 Å². The number of hydrogen-bond donors (Lipinski definition) is 1. The molecule has 0 bridgehead atoms. The molecule has 0 saturated carbocycles. The maximum Gasteiger partial charge on any atom is 0.261 e. The molecule has 0 fully saturated rings. The molecule has 0 atom stereocenters. The first-order valence-electron chi connectivity index (χ1n) is 7.63. The lowest BCUT2D eigenvalue weighted by Gasteiger charge is -2.21. The highest BCUT2D eigenvalue weighted by atomic mass is 16.3. The average Bonchev–Trinajstić information content (AvgIpc) is 3.11. The van der Waals surface area contributed by atoms with E-state index in [0.717, 1.165) is 12.1 Å². The number of nitrogens with zero attached hydrogens (tertiary/aromatic N) is 1. The highest BCUT2D eigenvalue weighted by Crippen LogP contribution is 2.33. The van der Waals surface area contributed by atoms with Gasteiger partial charge in [-0.3, -0.25) is 4.79 Å². The van der Waals surface area contributed by atoms with Crippen molar-refractivity contribution >= 4 is 11.6 Å². The molecule has 1 aromatic heterocycles. The Hall–Kier alpha value is -2.07. The zero-order chi connectivity index (χ0) is 15.9. The van der Waals surface area contributed by atoms with Gasteiger partial charge in [0.2, 0.25) is 0 Å². The van der Waals surface area contributed by atoms with Crippen LogP contribution in [0.15, 0.2) is 34.9 Å². The Labute approximate surface area is 130 Å². The number of rotatable bonds is 2. The van der Waals surface area contributed by atoms with Crippen LogP contribution in [0.5, 0.6) is 0 Å². The monoisotopic (exact) mass is 298 g/mol. The number of anilines is 1. The van der Waals surface area contributed by atoms with Crippen LogP contribution in [-0.4, -0.2) is 12.5 Å². The van der Waals surface area contributed by atoms with Crippen LogP contribution in [-0.2, 0) is 18.4 Å². The largest absolute Gasteiger partial charge is 0.467 e. The van der Waals surface area contributed by atoms with Crippen molar-refractivity contribution in [1.82, 2.24) is 0 Å². The zero-order valence-corrected chi connectivity index (χ0v) is 13.3. The fraction of sp³-hybridized carbons (Fsp3) is 0.389. The standard InChI is InChI=1S/C18H22N2O2/c1-18(2,3)14-4-5-16-12(8-14)6-7-20(16)17(21)13-9-15(10-19)22-11-13/h4-5,8-9,11H,6-7,10,19H2,1-3H3. The van der Waals surface area contributed by atoms with Crippen molar-refractivity contribution < 1.29 is 9.21 Å². The minimum atomic E-state index is -0.0225. The summed E-state index contributed by atoms with van der Waals surface area (Å²) in [4.78, 5) is 14.5. The number of carbonyl (C=O) groups excluding carboxylic acids is 1. The van der Waals surface area contributed by atoms with Gasteiger partial charge in [0.15, 0.2) is 0 Å². The molecule has 2 aromatic rings. The lowest BCUT2D eigenvalue weighted by molar-refractivity contribution is 0.0989. The molecule has 0 spiro atoms. The molecule has 22 heavy (non-hydrogen) atoms. The van der Waals surface area contributed by atoms with Gasteiger partial charge in [0.05, 0.1) is 12.1 Å². The zero-order valence-electron chi connectivity index (χ0n) is 13.3. The summed E-state index contributed by atoms with van der Waals surface area (Å²) in [6, 6.07) is 8.13. The summed E-state index contributed by atoms with van der Waals surface area (Å²) >= 11 is 0. The smallest absolute Gasteiger partial charge is 0.261 e. The molecule has 1 amide bonds. The summed E-state index contributed by atoms with van der Waals surface area (Å²) in [6.45, 7) is 7.62. The second-order valence-corrected chi connectivity index (χ2v) is 6.81. The van der Waals surface area contributed by atoms with E-state index >= 15 is 0 Å². The molecule has 1 aromatic carbocycles. The number of amides is 1. The van der Waals surface area contributed by atoms with E-state index in [0.29, 0.717) is 24.4 Å². The Morgan fingerprint density at radius 2 is 2.09 bits per heavy atom. The van der Waals surface area contributed by atoms with Gasteiger partial charge in [0.1, 0.15) is 12.0 Å². The number of benzene rings is 1. The van der Waals surface area contributed by atoms with E-state index in [1.807, 2.05) is 4.90 Å². The Balaban J connectivity index is 1.89. The normalized spacial score (nSPS) is 14.3. The quantitative estimate of drug-likeness (QED) is 0.926. The van der Waals surface area contributed by atoms with Crippen molar-refractivity contribution in [3.63, 3.8) is 0 Å². The van der Waals surface area contributed by atoms with Crippen molar-refractivity contribution in [3.8, 4) is 0 Å². The van der Waals surface area contributed by atoms with Crippen LogP contribution in [0.1, 0.15) is 48.0 Å². The SMILES string of the molecule is CC(C)(C)c1ccc2c(c1)CCN2C(=O)c1coc(CN)c1. The third kappa shape index (κ3) is 2.55. The third-order valence-corrected chi connectivity index (χ3v) is 4.19. The van der Waals surface area contributed by atoms with E-state index in [1.165, 1.54) is 17.4 Å². The van der Waals surface area contributed by atoms with Gasteiger partial charge in [-0.2, -0.15) is 0 Å². The van der Waals surface area contributed by atoms with Crippen LogP contribution >= 0.6 is 0 Å². The van der Waals surface area contributed by atoms with Crippen molar-refractivity contribution in [2.75, 3.05) is 11.4 Å². The molecule has 2 heterocycles. The molecule has 3 rings (SSSR count). The Morgan fingerprint density at radius 1 is 1.32 bits per heavy atom. The Bertz CT molecular complexity index is 710. The topological polar surface area (TPSA) is 59.5 Å². The predicted octanol–water partition coefficient (Wildman–Crippen LogP) is 3.24.